The molecule has 0 saturated heterocycles. The Bertz CT molecular complexity index is 297. The second kappa shape index (κ2) is 5.16. The van der Waals surface area contributed by atoms with Crippen molar-refractivity contribution in [2.24, 2.45) is 11.3 Å². The van der Waals surface area contributed by atoms with E-state index < -0.39 is 0 Å². The van der Waals surface area contributed by atoms with Gasteiger partial charge in [-0.25, -0.2) is 0 Å². The molecular formula is C15H22. The summed E-state index contributed by atoms with van der Waals surface area (Å²) in [6, 6.07) is 10.7. The Hall–Kier alpha value is -1.04. The van der Waals surface area contributed by atoms with Gasteiger partial charge in [-0.05, 0) is 29.7 Å². The van der Waals surface area contributed by atoms with E-state index in [9.17, 15) is 0 Å². The lowest BCUT2D eigenvalue weighted by Gasteiger charge is -2.27. The normalized spacial score (nSPS) is 14.9. The van der Waals surface area contributed by atoms with Crippen molar-refractivity contribution >= 4 is 0 Å². The first-order valence-electron chi connectivity index (χ1n) is 5.73. The molecule has 0 aliphatic heterocycles. The first-order chi connectivity index (χ1) is 7.06. The number of hydrogen-bond donors (Lipinski definition) is 0. The van der Waals surface area contributed by atoms with E-state index in [4.69, 9.17) is 0 Å². The molecule has 0 saturated carbocycles. The highest BCUT2D eigenvalue weighted by Gasteiger charge is 2.21. The SMILES string of the molecule is C=CC(C)(Cc1ccccc1)CC(C)C. The van der Waals surface area contributed by atoms with Gasteiger partial charge in [-0.15, -0.1) is 6.58 Å². The fraction of sp³-hybridized carbons (Fsp3) is 0.467. The highest BCUT2D eigenvalue weighted by molar-refractivity contribution is 5.18. The van der Waals surface area contributed by atoms with Crippen LogP contribution in [0.1, 0.15) is 32.8 Å². The zero-order chi connectivity index (χ0) is 11.3. The summed E-state index contributed by atoms with van der Waals surface area (Å²) in [5.74, 6) is 0.719. The highest BCUT2D eigenvalue weighted by Crippen LogP contribution is 2.31. The van der Waals surface area contributed by atoms with Crippen molar-refractivity contribution in [2.75, 3.05) is 0 Å². The first kappa shape index (κ1) is 12.0. The van der Waals surface area contributed by atoms with Crippen molar-refractivity contribution in [3.63, 3.8) is 0 Å². The third-order valence-electron chi connectivity index (χ3n) is 2.82. The van der Waals surface area contributed by atoms with Crippen LogP contribution in [-0.2, 0) is 6.42 Å². The van der Waals surface area contributed by atoms with E-state index in [0.717, 1.165) is 12.3 Å². The van der Waals surface area contributed by atoms with Gasteiger partial charge in [0.2, 0.25) is 0 Å². The molecule has 1 unspecified atom stereocenters. The largest absolute Gasteiger partial charge is 0.103 e. The summed E-state index contributed by atoms with van der Waals surface area (Å²) in [6.07, 6.45) is 4.40. The van der Waals surface area contributed by atoms with Crippen LogP contribution in [0.3, 0.4) is 0 Å². The zero-order valence-corrected chi connectivity index (χ0v) is 10.2. The van der Waals surface area contributed by atoms with Gasteiger partial charge in [0.05, 0.1) is 0 Å². The molecule has 0 aliphatic carbocycles. The maximum absolute atomic E-state index is 3.98. The zero-order valence-electron chi connectivity index (χ0n) is 10.2. The van der Waals surface area contributed by atoms with Crippen LogP contribution in [0.25, 0.3) is 0 Å². The van der Waals surface area contributed by atoms with Crippen molar-refractivity contribution < 1.29 is 0 Å². The lowest BCUT2D eigenvalue weighted by molar-refractivity contribution is 0.331. The smallest absolute Gasteiger partial charge is 0.0106 e. The third kappa shape index (κ3) is 3.91. The minimum atomic E-state index is 0.232. The molecule has 0 fully saturated rings. The molecule has 1 rings (SSSR count). The van der Waals surface area contributed by atoms with Gasteiger partial charge in [0.1, 0.15) is 0 Å². The Labute approximate surface area is 94.0 Å². The fourth-order valence-electron chi connectivity index (χ4n) is 2.22. The van der Waals surface area contributed by atoms with Gasteiger partial charge in [0, 0.05) is 0 Å². The number of benzene rings is 1. The van der Waals surface area contributed by atoms with Crippen LogP contribution in [0.15, 0.2) is 43.0 Å². The Morgan fingerprint density at radius 1 is 1.27 bits per heavy atom. The molecule has 0 aliphatic rings. The molecule has 0 heterocycles. The van der Waals surface area contributed by atoms with Crippen molar-refractivity contribution in [3.8, 4) is 0 Å². The summed E-state index contributed by atoms with van der Waals surface area (Å²) in [4.78, 5) is 0. The molecule has 0 aromatic heterocycles. The summed E-state index contributed by atoms with van der Waals surface area (Å²) in [5, 5.41) is 0. The topological polar surface area (TPSA) is 0 Å². The van der Waals surface area contributed by atoms with Gasteiger partial charge in [0.15, 0.2) is 0 Å². The maximum atomic E-state index is 3.98. The molecule has 0 nitrogen and oxygen atoms in total. The molecule has 0 N–H and O–H groups in total. The van der Waals surface area contributed by atoms with E-state index in [1.165, 1.54) is 12.0 Å². The number of rotatable bonds is 5. The van der Waals surface area contributed by atoms with E-state index in [2.05, 4.69) is 63.8 Å². The molecule has 15 heavy (non-hydrogen) atoms. The standard InChI is InChI=1S/C15H22/c1-5-15(4,11-13(2)3)12-14-9-7-6-8-10-14/h5-10,13H,1,11-12H2,2-4H3. The molecule has 1 atom stereocenters. The predicted molar refractivity (Wildman–Crippen MR) is 67.9 cm³/mol. The van der Waals surface area contributed by atoms with Crippen LogP contribution in [0.4, 0.5) is 0 Å². The van der Waals surface area contributed by atoms with Crippen LogP contribution >= 0.6 is 0 Å². The van der Waals surface area contributed by atoms with Crippen LogP contribution in [0.5, 0.6) is 0 Å². The van der Waals surface area contributed by atoms with E-state index >= 15 is 0 Å². The quantitative estimate of drug-likeness (QED) is 0.618. The van der Waals surface area contributed by atoms with Gasteiger partial charge in [-0.1, -0.05) is 57.2 Å². The van der Waals surface area contributed by atoms with Crippen molar-refractivity contribution in [1.82, 2.24) is 0 Å². The van der Waals surface area contributed by atoms with Crippen molar-refractivity contribution in [1.29, 1.82) is 0 Å². The molecule has 0 bridgehead atoms. The summed E-state index contributed by atoms with van der Waals surface area (Å²) in [6.45, 7) is 10.8. The summed E-state index contributed by atoms with van der Waals surface area (Å²) >= 11 is 0. The average molecular weight is 202 g/mol. The third-order valence-corrected chi connectivity index (χ3v) is 2.82. The van der Waals surface area contributed by atoms with Gasteiger partial charge < -0.3 is 0 Å². The Morgan fingerprint density at radius 2 is 1.87 bits per heavy atom. The Morgan fingerprint density at radius 3 is 2.33 bits per heavy atom. The Balaban J connectivity index is 2.72. The fourth-order valence-corrected chi connectivity index (χ4v) is 2.22. The first-order valence-corrected chi connectivity index (χ1v) is 5.73. The molecule has 0 heteroatoms. The van der Waals surface area contributed by atoms with E-state index in [1.807, 2.05) is 0 Å². The highest BCUT2D eigenvalue weighted by atomic mass is 14.3. The maximum Gasteiger partial charge on any atom is -0.0106 e. The summed E-state index contributed by atoms with van der Waals surface area (Å²) < 4.78 is 0. The Kier molecular flexibility index (Phi) is 4.14. The van der Waals surface area contributed by atoms with Gasteiger partial charge >= 0.3 is 0 Å². The summed E-state index contributed by atoms with van der Waals surface area (Å²) in [5.41, 5.74) is 1.63. The van der Waals surface area contributed by atoms with E-state index in [-0.39, 0.29) is 5.41 Å². The summed E-state index contributed by atoms with van der Waals surface area (Å²) in [7, 11) is 0. The lowest BCUT2D eigenvalue weighted by Crippen LogP contribution is -2.19. The minimum absolute atomic E-state index is 0.232. The molecule has 1 aromatic rings. The van der Waals surface area contributed by atoms with Crippen molar-refractivity contribution in [3.05, 3.63) is 48.6 Å². The molecule has 1 aromatic carbocycles. The van der Waals surface area contributed by atoms with Crippen LogP contribution in [0.2, 0.25) is 0 Å². The van der Waals surface area contributed by atoms with Gasteiger partial charge in [-0.2, -0.15) is 0 Å². The monoisotopic (exact) mass is 202 g/mol. The van der Waals surface area contributed by atoms with Crippen molar-refractivity contribution in [2.45, 2.75) is 33.6 Å². The van der Waals surface area contributed by atoms with Gasteiger partial charge in [-0.3, -0.25) is 0 Å². The van der Waals surface area contributed by atoms with Crippen LogP contribution in [0, 0.1) is 11.3 Å². The second-order valence-corrected chi connectivity index (χ2v) is 5.12. The molecule has 0 amide bonds. The molecule has 82 valence electrons. The number of allylic oxidation sites excluding steroid dienone is 1. The molecule has 0 spiro atoms. The van der Waals surface area contributed by atoms with E-state index in [0.29, 0.717) is 0 Å². The van der Waals surface area contributed by atoms with Gasteiger partial charge in [0.25, 0.3) is 0 Å². The lowest BCUT2D eigenvalue weighted by atomic mass is 9.77. The number of hydrogen-bond acceptors (Lipinski definition) is 0. The van der Waals surface area contributed by atoms with Crippen LogP contribution in [-0.4, -0.2) is 0 Å². The van der Waals surface area contributed by atoms with Crippen LogP contribution < -0.4 is 0 Å². The predicted octanol–water partition coefficient (Wildman–Crippen LogP) is 4.47. The van der Waals surface area contributed by atoms with E-state index in [1.54, 1.807) is 0 Å². The minimum Gasteiger partial charge on any atom is -0.103 e. The molecular weight excluding hydrogens is 180 g/mol. The molecule has 0 radical (unpaired) electrons. The second-order valence-electron chi connectivity index (χ2n) is 5.12. The average Bonchev–Trinajstić information content (AvgIpc) is 2.18.